The number of carbonyl (C=O) groups is 1. The lowest BCUT2D eigenvalue weighted by atomic mass is 10.2. The van der Waals surface area contributed by atoms with Crippen LogP contribution in [0.5, 0.6) is 0 Å². The predicted molar refractivity (Wildman–Crippen MR) is 70.0 cm³/mol. The van der Waals surface area contributed by atoms with E-state index < -0.39 is 5.97 Å². The molecule has 92 valence electrons. The van der Waals surface area contributed by atoms with Gasteiger partial charge in [0, 0.05) is 11.4 Å². The first kappa shape index (κ1) is 12.1. The van der Waals surface area contributed by atoms with E-state index in [2.05, 4.69) is 10.3 Å². The SMILES string of the molecule is COC(=O)c1ccc(C)nc1Nc1ccccc1. The normalized spacial score (nSPS) is 9.89. The monoisotopic (exact) mass is 242 g/mol. The number of para-hydroxylation sites is 1. The van der Waals surface area contributed by atoms with Crippen LogP contribution < -0.4 is 5.32 Å². The lowest BCUT2D eigenvalue weighted by Crippen LogP contribution is -2.07. The highest BCUT2D eigenvalue weighted by atomic mass is 16.5. The van der Waals surface area contributed by atoms with Gasteiger partial charge in [-0.3, -0.25) is 0 Å². The first-order valence-electron chi connectivity index (χ1n) is 5.59. The second kappa shape index (κ2) is 5.31. The highest BCUT2D eigenvalue weighted by Crippen LogP contribution is 2.19. The maximum absolute atomic E-state index is 11.6. The van der Waals surface area contributed by atoms with Crippen LogP contribution in [-0.2, 0) is 4.74 Å². The number of benzene rings is 1. The third-order valence-electron chi connectivity index (χ3n) is 2.48. The first-order chi connectivity index (χ1) is 8.70. The third kappa shape index (κ3) is 2.66. The quantitative estimate of drug-likeness (QED) is 0.841. The summed E-state index contributed by atoms with van der Waals surface area (Å²) in [5.41, 5.74) is 2.13. The van der Waals surface area contributed by atoms with Gasteiger partial charge in [0.15, 0.2) is 0 Å². The second-order valence-electron chi connectivity index (χ2n) is 3.83. The molecule has 2 rings (SSSR count). The van der Waals surface area contributed by atoms with Gasteiger partial charge in [0.25, 0.3) is 0 Å². The van der Waals surface area contributed by atoms with Gasteiger partial charge in [-0.05, 0) is 31.2 Å². The van der Waals surface area contributed by atoms with E-state index in [0.717, 1.165) is 11.4 Å². The summed E-state index contributed by atoms with van der Waals surface area (Å²) < 4.78 is 4.74. The number of aromatic nitrogens is 1. The number of nitrogens with one attached hydrogen (secondary N) is 1. The first-order valence-corrected chi connectivity index (χ1v) is 5.59. The number of aryl methyl sites for hydroxylation is 1. The number of anilines is 2. The molecule has 0 aliphatic rings. The molecule has 4 nitrogen and oxygen atoms in total. The van der Waals surface area contributed by atoms with E-state index in [1.807, 2.05) is 37.3 Å². The number of pyridine rings is 1. The van der Waals surface area contributed by atoms with Gasteiger partial charge in [-0.15, -0.1) is 0 Å². The molecule has 0 atom stereocenters. The summed E-state index contributed by atoms with van der Waals surface area (Å²) in [6, 6.07) is 13.1. The van der Waals surface area contributed by atoms with E-state index in [9.17, 15) is 4.79 Å². The Morgan fingerprint density at radius 1 is 1.17 bits per heavy atom. The van der Waals surface area contributed by atoms with Crippen LogP contribution in [0.25, 0.3) is 0 Å². The minimum Gasteiger partial charge on any atom is -0.465 e. The summed E-state index contributed by atoms with van der Waals surface area (Å²) in [4.78, 5) is 16.0. The van der Waals surface area contributed by atoms with Crippen molar-refractivity contribution in [2.24, 2.45) is 0 Å². The molecule has 2 aromatic rings. The molecule has 0 spiro atoms. The van der Waals surface area contributed by atoms with Crippen LogP contribution in [0.15, 0.2) is 42.5 Å². The average molecular weight is 242 g/mol. The summed E-state index contributed by atoms with van der Waals surface area (Å²) in [6.07, 6.45) is 0. The summed E-state index contributed by atoms with van der Waals surface area (Å²) in [7, 11) is 1.36. The molecule has 0 radical (unpaired) electrons. The molecule has 0 saturated heterocycles. The minimum atomic E-state index is -0.402. The maximum Gasteiger partial charge on any atom is 0.341 e. The van der Waals surface area contributed by atoms with Crippen molar-refractivity contribution < 1.29 is 9.53 Å². The number of hydrogen-bond acceptors (Lipinski definition) is 4. The molecule has 0 aliphatic carbocycles. The third-order valence-corrected chi connectivity index (χ3v) is 2.48. The molecule has 0 aliphatic heterocycles. The Morgan fingerprint density at radius 2 is 1.89 bits per heavy atom. The molecule has 1 heterocycles. The Labute approximate surface area is 106 Å². The van der Waals surface area contributed by atoms with E-state index in [4.69, 9.17) is 4.74 Å². The molecular formula is C14H14N2O2. The van der Waals surface area contributed by atoms with Gasteiger partial charge in [0.2, 0.25) is 0 Å². The van der Waals surface area contributed by atoms with Gasteiger partial charge in [-0.25, -0.2) is 9.78 Å². The molecule has 18 heavy (non-hydrogen) atoms. The molecule has 0 amide bonds. The van der Waals surface area contributed by atoms with Crippen LogP contribution in [-0.4, -0.2) is 18.1 Å². The fourth-order valence-electron chi connectivity index (χ4n) is 1.58. The number of hydrogen-bond donors (Lipinski definition) is 1. The van der Waals surface area contributed by atoms with Gasteiger partial charge in [-0.1, -0.05) is 18.2 Å². The van der Waals surface area contributed by atoms with Crippen molar-refractivity contribution in [3.05, 3.63) is 53.7 Å². The fraction of sp³-hybridized carbons (Fsp3) is 0.143. The predicted octanol–water partition coefficient (Wildman–Crippen LogP) is 2.92. The van der Waals surface area contributed by atoms with Crippen molar-refractivity contribution in [1.82, 2.24) is 4.98 Å². The summed E-state index contributed by atoms with van der Waals surface area (Å²) >= 11 is 0. The Kier molecular flexibility index (Phi) is 3.57. The molecular weight excluding hydrogens is 228 g/mol. The number of rotatable bonds is 3. The van der Waals surface area contributed by atoms with E-state index in [-0.39, 0.29) is 0 Å². The van der Waals surface area contributed by atoms with Crippen molar-refractivity contribution >= 4 is 17.5 Å². The van der Waals surface area contributed by atoms with Crippen LogP contribution in [0.3, 0.4) is 0 Å². The number of ether oxygens (including phenoxy) is 1. The zero-order valence-corrected chi connectivity index (χ0v) is 10.3. The standard InChI is InChI=1S/C14H14N2O2/c1-10-8-9-12(14(17)18-2)13(15-10)16-11-6-4-3-5-7-11/h3-9H,1-2H3,(H,15,16). The average Bonchev–Trinajstić information content (AvgIpc) is 2.39. The van der Waals surface area contributed by atoms with Crippen molar-refractivity contribution in [1.29, 1.82) is 0 Å². The largest absolute Gasteiger partial charge is 0.465 e. The molecule has 1 N–H and O–H groups in total. The summed E-state index contributed by atoms with van der Waals surface area (Å²) in [5, 5.41) is 3.12. The summed E-state index contributed by atoms with van der Waals surface area (Å²) in [5.74, 6) is 0.106. The minimum absolute atomic E-state index is 0.402. The van der Waals surface area contributed by atoms with E-state index >= 15 is 0 Å². The second-order valence-corrected chi connectivity index (χ2v) is 3.83. The van der Waals surface area contributed by atoms with Crippen molar-refractivity contribution in [2.75, 3.05) is 12.4 Å². The van der Waals surface area contributed by atoms with E-state index in [0.29, 0.717) is 11.4 Å². The van der Waals surface area contributed by atoms with Crippen LogP contribution >= 0.6 is 0 Å². The lowest BCUT2D eigenvalue weighted by Gasteiger charge is -2.10. The zero-order valence-electron chi connectivity index (χ0n) is 10.3. The van der Waals surface area contributed by atoms with Gasteiger partial charge in [0.1, 0.15) is 11.4 Å². The highest BCUT2D eigenvalue weighted by molar-refractivity contribution is 5.95. The molecule has 4 heteroatoms. The Morgan fingerprint density at radius 3 is 2.56 bits per heavy atom. The molecule has 1 aromatic heterocycles. The molecule has 0 unspecified atom stereocenters. The lowest BCUT2D eigenvalue weighted by molar-refractivity contribution is 0.0601. The van der Waals surface area contributed by atoms with Gasteiger partial charge < -0.3 is 10.1 Å². The maximum atomic E-state index is 11.6. The topological polar surface area (TPSA) is 51.2 Å². The summed E-state index contributed by atoms with van der Waals surface area (Å²) in [6.45, 7) is 1.87. The van der Waals surface area contributed by atoms with E-state index in [1.54, 1.807) is 12.1 Å². The van der Waals surface area contributed by atoms with Crippen molar-refractivity contribution in [3.63, 3.8) is 0 Å². The molecule has 0 saturated carbocycles. The van der Waals surface area contributed by atoms with E-state index in [1.165, 1.54) is 7.11 Å². The van der Waals surface area contributed by atoms with Crippen LogP contribution in [0.4, 0.5) is 11.5 Å². The number of carbonyl (C=O) groups excluding carboxylic acids is 1. The van der Waals surface area contributed by atoms with Gasteiger partial charge >= 0.3 is 5.97 Å². The Bertz CT molecular complexity index is 553. The molecule has 1 aromatic carbocycles. The fourth-order valence-corrected chi connectivity index (χ4v) is 1.58. The van der Waals surface area contributed by atoms with Gasteiger partial charge in [-0.2, -0.15) is 0 Å². The van der Waals surface area contributed by atoms with Crippen LogP contribution in [0.2, 0.25) is 0 Å². The number of esters is 1. The Balaban J connectivity index is 2.36. The molecule has 0 bridgehead atoms. The zero-order chi connectivity index (χ0) is 13.0. The smallest absolute Gasteiger partial charge is 0.341 e. The van der Waals surface area contributed by atoms with Crippen molar-refractivity contribution in [3.8, 4) is 0 Å². The van der Waals surface area contributed by atoms with Crippen LogP contribution in [0.1, 0.15) is 16.1 Å². The number of nitrogens with zero attached hydrogens (tertiary/aromatic N) is 1. The van der Waals surface area contributed by atoms with Crippen molar-refractivity contribution in [2.45, 2.75) is 6.92 Å². The van der Waals surface area contributed by atoms with Crippen LogP contribution in [0, 0.1) is 6.92 Å². The molecule has 0 fully saturated rings. The Hall–Kier alpha value is -2.36. The van der Waals surface area contributed by atoms with Gasteiger partial charge in [0.05, 0.1) is 7.11 Å². The highest BCUT2D eigenvalue weighted by Gasteiger charge is 2.13. The number of methoxy groups -OCH3 is 1.